The molecule has 4 nitrogen and oxygen atoms in total. The minimum atomic E-state index is -0.252. The van der Waals surface area contributed by atoms with Gasteiger partial charge in [0.05, 0.1) is 11.9 Å². The van der Waals surface area contributed by atoms with Gasteiger partial charge in [-0.05, 0) is 47.5 Å². The van der Waals surface area contributed by atoms with Gasteiger partial charge in [-0.1, -0.05) is 31.2 Å². The summed E-state index contributed by atoms with van der Waals surface area (Å²) in [5, 5.41) is 2.88. The van der Waals surface area contributed by atoms with Crippen LogP contribution < -0.4 is 5.32 Å². The van der Waals surface area contributed by atoms with E-state index >= 15 is 0 Å². The third-order valence-corrected chi connectivity index (χ3v) is 4.45. The molecule has 0 unspecified atom stereocenters. The van der Waals surface area contributed by atoms with Crippen molar-refractivity contribution >= 4 is 17.2 Å². The lowest BCUT2D eigenvalue weighted by atomic mass is 10.1. The summed E-state index contributed by atoms with van der Waals surface area (Å²) in [5.41, 5.74) is 5.37. The molecule has 1 N–H and O–H groups in total. The number of fused-ring (bicyclic) bond motifs is 1. The zero-order valence-corrected chi connectivity index (χ0v) is 14.8. The average Bonchev–Trinajstić information content (AvgIpc) is 3.12. The van der Waals surface area contributed by atoms with Crippen LogP contribution in [0, 0.1) is 5.82 Å². The van der Waals surface area contributed by atoms with Crippen LogP contribution in [-0.4, -0.2) is 15.3 Å². The van der Waals surface area contributed by atoms with Gasteiger partial charge in [-0.2, -0.15) is 0 Å². The van der Waals surface area contributed by atoms with E-state index in [-0.39, 0.29) is 11.7 Å². The molecule has 0 atom stereocenters. The molecule has 0 fully saturated rings. The van der Waals surface area contributed by atoms with Gasteiger partial charge in [-0.25, -0.2) is 9.37 Å². The number of anilines is 1. The molecule has 0 spiro atoms. The minimum Gasteiger partial charge on any atom is -0.326 e. The number of nitrogens with one attached hydrogen (secondary N) is 1. The zero-order chi connectivity index (χ0) is 18.8. The molecule has 4 rings (SSSR count). The first-order valence-corrected chi connectivity index (χ1v) is 8.77. The number of hydrogen-bond acceptors (Lipinski definition) is 2. The van der Waals surface area contributed by atoms with Crippen LogP contribution in [0.1, 0.15) is 13.3 Å². The first-order valence-electron chi connectivity index (χ1n) is 8.77. The Morgan fingerprint density at radius 3 is 2.63 bits per heavy atom. The van der Waals surface area contributed by atoms with Crippen LogP contribution >= 0.6 is 0 Å². The third kappa shape index (κ3) is 3.44. The van der Waals surface area contributed by atoms with Crippen LogP contribution in [0.15, 0.2) is 73.1 Å². The molecule has 0 aliphatic rings. The summed E-state index contributed by atoms with van der Waals surface area (Å²) in [6, 6.07) is 18.1. The van der Waals surface area contributed by atoms with Gasteiger partial charge in [0.15, 0.2) is 0 Å². The van der Waals surface area contributed by atoms with Crippen LogP contribution in [0.3, 0.4) is 0 Å². The molecule has 0 saturated carbocycles. The number of hydrogen-bond donors (Lipinski definition) is 1. The number of aromatic nitrogens is 2. The van der Waals surface area contributed by atoms with Gasteiger partial charge in [0.25, 0.3) is 0 Å². The summed E-state index contributed by atoms with van der Waals surface area (Å²) in [6.07, 6.45) is 4.20. The van der Waals surface area contributed by atoms with Crippen LogP contribution in [0.2, 0.25) is 0 Å². The molecule has 5 heteroatoms. The molecule has 0 aliphatic carbocycles. The van der Waals surface area contributed by atoms with Gasteiger partial charge in [0.2, 0.25) is 5.91 Å². The largest absolute Gasteiger partial charge is 0.326 e. The lowest BCUT2D eigenvalue weighted by Gasteiger charge is -2.08. The summed E-state index contributed by atoms with van der Waals surface area (Å²) in [4.78, 5) is 16.1. The maximum absolute atomic E-state index is 13.1. The van der Waals surface area contributed by atoms with E-state index in [1.165, 1.54) is 12.1 Å². The van der Waals surface area contributed by atoms with Crippen molar-refractivity contribution in [2.75, 3.05) is 5.32 Å². The van der Waals surface area contributed by atoms with E-state index in [1.54, 1.807) is 12.1 Å². The second kappa shape index (κ2) is 7.03. The van der Waals surface area contributed by atoms with Crippen molar-refractivity contribution in [2.24, 2.45) is 0 Å². The number of halogens is 1. The van der Waals surface area contributed by atoms with Crippen LogP contribution in [0.4, 0.5) is 10.1 Å². The second-order valence-corrected chi connectivity index (χ2v) is 6.28. The Kier molecular flexibility index (Phi) is 4.42. The molecule has 1 amide bonds. The fourth-order valence-corrected chi connectivity index (χ4v) is 3.02. The molecular weight excluding hydrogens is 341 g/mol. The number of imidazole rings is 1. The predicted molar refractivity (Wildman–Crippen MR) is 105 cm³/mol. The van der Waals surface area contributed by atoms with Gasteiger partial charge in [-0.15, -0.1) is 0 Å². The quantitative estimate of drug-likeness (QED) is 0.547. The molecule has 2 aromatic heterocycles. The number of carbonyl (C=O) groups is 1. The van der Waals surface area contributed by atoms with Crippen molar-refractivity contribution in [3.63, 3.8) is 0 Å². The van der Waals surface area contributed by atoms with E-state index in [4.69, 9.17) is 0 Å². The van der Waals surface area contributed by atoms with Crippen molar-refractivity contribution in [2.45, 2.75) is 13.3 Å². The minimum absolute atomic E-state index is 0.0192. The molecule has 0 bridgehead atoms. The second-order valence-electron chi connectivity index (χ2n) is 6.28. The standard InChI is InChI=1S/C22H18FN3O/c1-2-22(27)25-19-5-3-4-17(12-19)20-14-24-21-13-16(10-11-26(20)21)15-6-8-18(23)9-7-15/h3-14H,2H2,1H3,(H,25,27). The monoisotopic (exact) mass is 359 g/mol. The molecule has 0 radical (unpaired) electrons. The molecule has 2 heterocycles. The molecule has 27 heavy (non-hydrogen) atoms. The van der Waals surface area contributed by atoms with Crippen LogP contribution in [0.25, 0.3) is 28.0 Å². The van der Waals surface area contributed by atoms with Gasteiger partial charge in [-0.3, -0.25) is 9.20 Å². The lowest BCUT2D eigenvalue weighted by Crippen LogP contribution is -2.09. The SMILES string of the molecule is CCC(=O)Nc1cccc(-c2cnc3cc(-c4ccc(F)cc4)ccn23)c1. The maximum atomic E-state index is 13.1. The van der Waals surface area contributed by atoms with Crippen molar-refractivity contribution in [1.82, 2.24) is 9.38 Å². The summed E-state index contributed by atoms with van der Waals surface area (Å²) in [5.74, 6) is -0.271. The number of amides is 1. The van der Waals surface area contributed by atoms with Crippen molar-refractivity contribution < 1.29 is 9.18 Å². The first kappa shape index (κ1) is 17.0. The normalized spacial score (nSPS) is 10.9. The number of nitrogens with zero attached hydrogens (tertiary/aromatic N) is 2. The Balaban J connectivity index is 1.71. The Labute approximate surface area is 156 Å². The molecule has 2 aromatic carbocycles. The van der Waals surface area contributed by atoms with Gasteiger partial charge >= 0.3 is 0 Å². The topological polar surface area (TPSA) is 46.4 Å². The highest BCUT2D eigenvalue weighted by Gasteiger charge is 2.09. The summed E-state index contributed by atoms with van der Waals surface area (Å²) >= 11 is 0. The van der Waals surface area contributed by atoms with Gasteiger partial charge in [0.1, 0.15) is 11.5 Å². The van der Waals surface area contributed by atoms with Crippen LogP contribution in [0.5, 0.6) is 0 Å². The third-order valence-electron chi connectivity index (χ3n) is 4.45. The van der Waals surface area contributed by atoms with Crippen molar-refractivity contribution in [3.05, 3.63) is 78.9 Å². The first-order chi connectivity index (χ1) is 13.1. The van der Waals surface area contributed by atoms with E-state index in [2.05, 4.69) is 10.3 Å². The number of carbonyl (C=O) groups excluding carboxylic acids is 1. The lowest BCUT2D eigenvalue weighted by molar-refractivity contribution is -0.115. The van der Waals surface area contributed by atoms with Crippen LogP contribution in [-0.2, 0) is 4.79 Å². The summed E-state index contributed by atoms with van der Waals surface area (Å²) in [7, 11) is 0. The average molecular weight is 359 g/mol. The van der Waals surface area contributed by atoms with E-state index in [9.17, 15) is 9.18 Å². The smallest absolute Gasteiger partial charge is 0.224 e. The summed E-state index contributed by atoms with van der Waals surface area (Å²) in [6.45, 7) is 1.82. The Morgan fingerprint density at radius 2 is 1.85 bits per heavy atom. The van der Waals surface area contributed by atoms with Gasteiger partial charge < -0.3 is 5.32 Å². The fraction of sp³-hybridized carbons (Fsp3) is 0.0909. The molecule has 4 aromatic rings. The number of pyridine rings is 1. The van der Waals surface area contributed by atoms with Gasteiger partial charge in [0, 0.05) is 23.9 Å². The number of rotatable bonds is 4. The number of benzene rings is 2. The zero-order valence-electron chi connectivity index (χ0n) is 14.8. The molecular formula is C22H18FN3O. The summed E-state index contributed by atoms with van der Waals surface area (Å²) < 4.78 is 15.1. The Morgan fingerprint density at radius 1 is 1.04 bits per heavy atom. The molecule has 134 valence electrons. The Bertz CT molecular complexity index is 1120. The van der Waals surface area contributed by atoms with E-state index in [0.717, 1.165) is 33.7 Å². The van der Waals surface area contributed by atoms with Crippen molar-refractivity contribution in [3.8, 4) is 22.4 Å². The highest BCUT2D eigenvalue weighted by Crippen LogP contribution is 2.27. The fourth-order valence-electron chi connectivity index (χ4n) is 3.02. The molecule has 0 saturated heterocycles. The highest BCUT2D eigenvalue weighted by molar-refractivity contribution is 5.91. The Hall–Kier alpha value is -3.47. The van der Waals surface area contributed by atoms with E-state index < -0.39 is 0 Å². The maximum Gasteiger partial charge on any atom is 0.224 e. The van der Waals surface area contributed by atoms with E-state index in [0.29, 0.717) is 6.42 Å². The van der Waals surface area contributed by atoms with E-state index in [1.807, 2.05) is 60.1 Å². The highest BCUT2D eigenvalue weighted by atomic mass is 19.1. The molecule has 0 aliphatic heterocycles. The van der Waals surface area contributed by atoms with Crippen molar-refractivity contribution in [1.29, 1.82) is 0 Å². The predicted octanol–water partition coefficient (Wildman–Crippen LogP) is 5.16.